The minimum atomic E-state index is -4.66. The maximum atomic E-state index is 13.1. The minimum absolute atomic E-state index is 0.0634. The van der Waals surface area contributed by atoms with Crippen molar-refractivity contribution in [1.82, 2.24) is 14.6 Å². The first kappa shape index (κ1) is 47.1. The van der Waals surface area contributed by atoms with E-state index in [1.165, 1.54) is 101 Å². The molecule has 1 aliphatic heterocycles. The van der Waals surface area contributed by atoms with Crippen molar-refractivity contribution in [2.75, 3.05) is 39.3 Å². The van der Waals surface area contributed by atoms with E-state index in [4.69, 9.17) is 33.7 Å². The molecule has 58 heavy (non-hydrogen) atoms. The van der Waals surface area contributed by atoms with Crippen molar-refractivity contribution in [2.45, 2.75) is 147 Å². The van der Waals surface area contributed by atoms with E-state index in [-0.39, 0.29) is 37.8 Å². The van der Waals surface area contributed by atoms with Crippen molar-refractivity contribution in [2.24, 2.45) is 0 Å². The standard InChI is InChI=1S/C42H63N6O9P/c1-3-4-5-6-7-8-9-10-11-12-13-14-15-16-17-18-21-53-28-37(54-27-34-22-33(26-43)23-35(24-34)52-2)30-56-58(50,51)55-29-36-25-40(49)42(31-44,57-36)39-20-19-38-41(45)46-32-47-48(38)39/h19-20,22-24,32,36-37,40,49H,3-18,21,25,27-30H2,1-2H3,(H,50,51)(H2,45,46,47)/t36-,37+,40+,42-/m0/s1. The van der Waals surface area contributed by atoms with Gasteiger partial charge in [-0.05, 0) is 42.3 Å². The third-order valence-corrected chi connectivity index (χ3v) is 11.4. The van der Waals surface area contributed by atoms with Gasteiger partial charge in [-0.3, -0.25) is 9.05 Å². The predicted molar refractivity (Wildman–Crippen MR) is 219 cm³/mol. The second kappa shape index (κ2) is 25.1. The summed E-state index contributed by atoms with van der Waals surface area (Å²) >= 11 is 0. The van der Waals surface area contributed by atoms with Crippen LogP contribution in [0.4, 0.5) is 5.82 Å². The number of aliphatic hydroxyl groups excluding tert-OH is 1. The van der Waals surface area contributed by atoms with Crippen molar-refractivity contribution in [3.05, 3.63) is 53.5 Å². The lowest BCUT2D eigenvalue weighted by Gasteiger charge is -2.24. The Bertz CT molecular complexity index is 1800. The summed E-state index contributed by atoms with van der Waals surface area (Å²) in [6.45, 7) is 2.13. The summed E-state index contributed by atoms with van der Waals surface area (Å²) < 4.78 is 48.3. The maximum absolute atomic E-state index is 13.1. The monoisotopic (exact) mass is 826 g/mol. The first-order valence-corrected chi connectivity index (χ1v) is 22.4. The molecular weight excluding hydrogens is 763 g/mol. The van der Waals surface area contributed by atoms with Crippen molar-refractivity contribution < 1.29 is 42.6 Å². The van der Waals surface area contributed by atoms with E-state index in [9.17, 15) is 25.1 Å². The average molecular weight is 827 g/mol. The van der Waals surface area contributed by atoms with Gasteiger partial charge in [0.1, 0.15) is 35.9 Å². The van der Waals surface area contributed by atoms with Gasteiger partial charge < -0.3 is 34.7 Å². The third kappa shape index (κ3) is 14.9. The van der Waals surface area contributed by atoms with Crippen LogP contribution in [0.15, 0.2) is 36.7 Å². The Labute approximate surface area is 343 Å². The summed E-state index contributed by atoms with van der Waals surface area (Å²) in [5, 5.41) is 34.7. The number of nitrogens with zero attached hydrogens (tertiary/aromatic N) is 5. The second-order valence-corrected chi connectivity index (χ2v) is 16.5. The number of aliphatic hydroxyl groups is 1. The van der Waals surface area contributed by atoms with Crippen molar-refractivity contribution in [3.8, 4) is 17.9 Å². The molecule has 3 aromatic rings. The van der Waals surface area contributed by atoms with Crippen LogP contribution in [0, 0.1) is 22.7 Å². The van der Waals surface area contributed by atoms with Gasteiger partial charge in [0, 0.05) is 13.0 Å². The molecule has 15 nitrogen and oxygen atoms in total. The van der Waals surface area contributed by atoms with Crippen LogP contribution in [0.1, 0.15) is 133 Å². The van der Waals surface area contributed by atoms with E-state index < -0.39 is 38.3 Å². The van der Waals surface area contributed by atoms with E-state index in [0.29, 0.717) is 29.0 Å². The van der Waals surface area contributed by atoms with E-state index in [1.807, 2.05) is 6.07 Å². The van der Waals surface area contributed by atoms with Crippen LogP contribution < -0.4 is 10.5 Å². The van der Waals surface area contributed by atoms with Crippen molar-refractivity contribution in [3.63, 3.8) is 0 Å². The normalized spacial score (nSPS) is 19.5. The first-order chi connectivity index (χ1) is 28.1. The number of aromatic nitrogens is 3. The zero-order valence-corrected chi connectivity index (χ0v) is 35.2. The summed E-state index contributed by atoms with van der Waals surface area (Å²) in [4.78, 5) is 14.6. The molecule has 4 rings (SSSR count). The molecule has 3 heterocycles. The SMILES string of the molecule is CCCCCCCCCCCCCCCCCCOC[C@H](COP(=O)(O)OC[C@@H]1C[C@@H](O)[C@](C#N)(c2ccc3c(N)ncnn23)O1)OCc1cc(C#N)cc(OC)c1. The number of phosphoric acid groups is 1. The number of phosphoric ester groups is 1. The fraction of sp³-hybridized carbons (Fsp3) is 0.667. The van der Waals surface area contributed by atoms with Crippen LogP contribution in [0.25, 0.3) is 5.52 Å². The number of rotatable bonds is 30. The number of hydrogen-bond acceptors (Lipinski definition) is 13. The van der Waals surface area contributed by atoms with Gasteiger partial charge in [0.05, 0.1) is 57.0 Å². The number of nitrogens with two attached hydrogens (primary N) is 1. The number of ether oxygens (including phenoxy) is 4. The number of nitriles is 2. The highest BCUT2D eigenvalue weighted by Gasteiger charge is 2.52. The third-order valence-electron chi connectivity index (χ3n) is 10.4. The molecule has 1 unspecified atom stereocenters. The van der Waals surface area contributed by atoms with Crippen LogP contribution in [0.3, 0.4) is 0 Å². The minimum Gasteiger partial charge on any atom is -0.497 e. The fourth-order valence-electron chi connectivity index (χ4n) is 7.17. The molecule has 16 heteroatoms. The summed E-state index contributed by atoms with van der Waals surface area (Å²) in [7, 11) is -3.15. The van der Waals surface area contributed by atoms with Gasteiger partial charge in [0.15, 0.2) is 5.82 Å². The Balaban J connectivity index is 1.19. The lowest BCUT2D eigenvalue weighted by Crippen LogP contribution is -2.36. The quantitative estimate of drug-likeness (QED) is 0.0428. The number of fused-ring (bicyclic) bond motifs is 1. The molecule has 0 spiro atoms. The molecule has 0 radical (unpaired) electrons. The van der Waals surface area contributed by atoms with Crippen LogP contribution in [-0.2, 0) is 40.0 Å². The fourth-order valence-corrected chi connectivity index (χ4v) is 7.96. The number of hydrogen-bond donors (Lipinski definition) is 3. The Hall–Kier alpha value is -3.63. The number of nitrogen functional groups attached to an aromatic ring is 1. The van der Waals surface area contributed by atoms with E-state index in [1.54, 1.807) is 30.3 Å². The lowest BCUT2D eigenvalue weighted by atomic mass is 9.94. The molecule has 1 fully saturated rings. The number of benzene rings is 1. The molecule has 4 N–H and O–H groups in total. The Morgan fingerprint density at radius 3 is 2.24 bits per heavy atom. The highest BCUT2D eigenvalue weighted by atomic mass is 31.2. The van der Waals surface area contributed by atoms with E-state index in [2.05, 4.69) is 23.1 Å². The summed E-state index contributed by atoms with van der Waals surface area (Å²) in [5.41, 5.74) is 5.84. The maximum Gasteiger partial charge on any atom is 0.472 e. The van der Waals surface area contributed by atoms with Gasteiger partial charge in [-0.1, -0.05) is 103 Å². The topological polar surface area (TPSA) is 217 Å². The molecule has 1 saturated heterocycles. The molecule has 320 valence electrons. The van der Waals surface area contributed by atoms with E-state index >= 15 is 0 Å². The van der Waals surface area contributed by atoms with Crippen molar-refractivity contribution >= 4 is 19.2 Å². The molecule has 5 atom stereocenters. The van der Waals surface area contributed by atoms with Gasteiger partial charge in [0.2, 0.25) is 5.60 Å². The van der Waals surface area contributed by atoms with E-state index in [0.717, 1.165) is 19.3 Å². The van der Waals surface area contributed by atoms with Crippen LogP contribution in [-0.4, -0.2) is 76.4 Å². The lowest BCUT2D eigenvalue weighted by molar-refractivity contribution is -0.0674. The summed E-state index contributed by atoms with van der Waals surface area (Å²) in [6, 6.07) is 12.3. The van der Waals surface area contributed by atoms with Gasteiger partial charge >= 0.3 is 7.82 Å². The zero-order chi connectivity index (χ0) is 41.6. The Kier molecular flexibility index (Phi) is 20.4. The van der Waals surface area contributed by atoms with Crippen LogP contribution >= 0.6 is 7.82 Å². The molecule has 2 aromatic heterocycles. The van der Waals surface area contributed by atoms with Crippen LogP contribution in [0.2, 0.25) is 0 Å². The second-order valence-electron chi connectivity index (χ2n) is 15.1. The average Bonchev–Trinajstić information content (AvgIpc) is 3.82. The van der Waals surface area contributed by atoms with Crippen molar-refractivity contribution in [1.29, 1.82) is 10.5 Å². The Morgan fingerprint density at radius 1 is 0.966 bits per heavy atom. The van der Waals surface area contributed by atoms with Crippen LogP contribution in [0.5, 0.6) is 5.75 Å². The Morgan fingerprint density at radius 2 is 1.62 bits per heavy atom. The van der Waals surface area contributed by atoms with Gasteiger partial charge in [0.25, 0.3) is 0 Å². The first-order valence-electron chi connectivity index (χ1n) is 20.9. The largest absolute Gasteiger partial charge is 0.497 e. The molecular formula is C42H63N6O9P. The summed E-state index contributed by atoms with van der Waals surface area (Å²) in [6.07, 6.45) is 18.6. The summed E-state index contributed by atoms with van der Waals surface area (Å²) in [5.74, 6) is 0.684. The van der Waals surface area contributed by atoms with Gasteiger partial charge in [-0.15, -0.1) is 0 Å². The molecule has 0 saturated carbocycles. The van der Waals surface area contributed by atoms with Gasteiger partial charge in [-0.25, -0.2) is 14.1 Å². The van der Waals surface area contributed by atoms with Gasteiger partial charge in [-0.2, -0.15) is 15.6 Å². The molecule has 1 aliphatic rings. The number of methoxy groups -OCH3 is 1. The molecule has 0 aliphatic carbocycles. The zero-order valence-electron chi connectivity index (χ0n) is 34.3. The highest BCUT2D eigenvalue weighted by Crippen LogP contribution is 2.46. The number of unbranched alkanes of at least 4 members (excludes halogenated alkanes) is 15. The highest BCUT2D eigenvalue weighted by molar-refractivity contribution is 7.47. The molecule has 1 aromatic carbocycles. The molecule has 0 bridgehead atoms. The smallest absolute Gasteiger partial charge is 0.472 e. The molecule has 0 amide bonds. The number of anilines is 1. The predicted octanol–water partition coefficient (Wildman–Crippen LogP) is 8.06.